The van der Waals surface area contributed by atoms with Gasteiger partial charge in [0.2, 0.25) is 0 Å². The molecule has 7 nitrogen and oxygen atoms in total. The van der Waals surface area contributed by atoms with Crippen LogP contribution in [0.2, 0.25) is 0 Å². The lowest BCUT2D eigenvalue weighted by Crippen LogP contribution is -2.34. The van der Waals surface area contributed by atoms with Crippen molar-refractivity contribution < 1.29 is 28.8 Å². The lowest BCUT2D eigenvalue weighted by molar-refractivity contribution is -0.242. The van der Waals surface area contributed by atoms with E-state index in [0.717, 1.165) is 23.3 Å². The molecule has 1 aromatic carbocycles. The van der Waals surface area contributed by atoms with Crippen molar-refractivity contribution in [1.29, 1.82) is 0 Å². The number of halogens is 1. The van der Waals surface area contributed by atoms with Gasteiger partial charge >= 0.3 is 0 Å². The first-order valence-corrected chi connectivity index (χ1v) is 11.0. The maximum absolute atomic E-state index is 15.1. The summed E-state index contributed by atoms with van der Waals surface area (Å²) in [5.74, 6) is 0.289. The van der Waals surface area contributed by atoms with Crippen molar-refractivity contribution in [2.24, 2.45) is 17.0 Å². The summed E-state index contributed by atoms with van der Waals surface area (Å²) in [6.07, 6.45) is 8.50. The van der Waals surface area contributed by atoms with Crippen molar-refractivity contribution >= 4 is 11.9 Å². The number of nitrogens with one attached hydrogen (secondary N) is 1. The third-order valence-electron chi connectivity index (χ3n) is 5.83. The predicted molar refractivity (Wildman–Crippen MR) is 124 cm³/mol. The highest BCUT2D eigenvalue weighted by Crippen LogP contribution is 2.40. The van der Waals surface area contributed by atoms with Gasteiger partial charge in [-0.05, 0) is 30.9 Å². The minimum atomic E-state index is -0.337. The van der Waals surface area contributed by atoms with E-state index in [4.69, 9.17) is 19.5 Å². The average Bonchev–Trinajstić information content (AvgIpc) is 2.85. The van der Waals surface area contributed by atoms with Gasteiger partial charge in [-0.3, -0.25) is 0 Å². The Labute approximate surface area is 193 Å². The fraction of sp³-hybridized carbons (Fsp3) is 0.400. The van der Waals surface area contributed by atoms with Gasteiger partial charge in [0.05, 0.1) is 11.9 Å². The van der Waals surface area contributed by atoms with E-state index in [2.05, 4.69) is 28.5 Å². The van der Waals surface area contributed by atoms with Crippen molar-refractivity contribution in [2.45, 2.75) is 32.7 Å². The molecule has 0 radical (unpaired) electrons. The summed E-state index contributed by atoms with van der Waals surface area (Å²) in [6, 6.07) is 9.97. The third-order valence-corrected chi connectivity index (χ3v) is 5.83. The second-order valence-electron chi connectivity index (χ2n) is 7.86. The van der Waals surface area contributed by atoms with Gasteiger partial charge in [-0.2, -0.15) is 5.26 Å². The molecular weight excluding hydrogens is 427 g/mol. The topological polar surface area (TPSA) is 81.5 Å². The smallest absolute Gasteiger partial charge is 0.188 e. The van der Waals surface area contributed by atoms with Crippen LogP contribution in [0.4, 0.5) is 4.39 Å². The highest BCUT2D eigenvalue weighted by molar-refractivity contribution is 5.69. The molecule has 1 aliphatic heterocycles. The molecular formula is C25H31FN2O5. The van der Waals surface area contributed by atoms with Crippen LogP contribution in [0, 0.1) is 11.8 Å². The average molecular weight is 459 g/mol. The van der Waals surface area contributed by atoms with E-state index in [9.17, 15) is 0 Å². The van der Waals surface area contributed by atoms with Gasteiger partial charge < -0.3 is 19.5 Å². The van der Waals surface area contributed by atoms with Crippen molar-refractivity contribution in [3.05, 3.63) is 77.0 Å². The normalized spacial score (nSPS) is 22.9. The molecule has 3 atom stereocenters. The summed E-state index contributed by atoms with van der Waals surface area (Å²) in [5, 5.41) is 15.0. The molecule has 0 aromatic heterocycles. The Kier molecular flexibility index (Phi) is 9.09. The van der Waals surface area contributed by atoms with Crippen LogP contribution in [0.1, 0.15) is 32.3 Å². The van der Waals surface area contributed by atoms with Gasteiger partial charge in [0.1, 0.15) is 18.2 Å². The van der Waals surface area contributed by atoms with Crippen LogP contribution in [-0.4, -0.2) is 38.0 Å². The van der Waals surface area contributed by atoms with Crippen molar-refractivity contribution in [1.82, 2.24) is 5.32 Å². The molecule has 0 fully saturated rings. The van der Waals surface area contributed by atoms with Crippen molar-refractivity contribution in [2.75, 3.05) is 20.5 Å². The number of benzene rings is 1. The third kappa shape index (κ3) is 6.24. The lowest BCUT2D eigenvalue weighted by Gasteiger charge is -2.34. The molecule has 178 valence electrons. The molecule has 2 aliphatic rings. The number of methoxy groups -OCH3 is 1. The van der Waals surface area contributed by atoms with Crippen LogP contribution in [0.5, 0.6) is 0 Å². The predicted octanol–water partition coefficient (Wildman–Crippen LogP) is 5.17. The summed E-state index contributed by atoms with van der Waals surface area (Å²) in [5.41, 5.74) is 3.02. The zero-order valence-corrected chi connectivity index (χ0v) is 19.2. The number of oxime groups is 1. The Bertz CT molecular complexity index is 939. The maximum Gasteiger partial charge on any atom is 0.188 e. The van der Waals surface area contributed by atoms with Crippen LogP contribution in [0.3, 0.4) is 0 Å². The number of nitrogens with zero attached hydrogens (tertiary/aromatic N) is 1. The Morgan fingerprint density at radius 3 is 2.67 bits per heavy atom. The molecule has 1 heterocycles. The number of hydrogen-bond donors (Lipinski definition) is 2. The molecule has 0 saturated heterocycles. The first kappa shape index (κ1) is 24.5. The van der Waals surface area contributed by atoms with Crippen LogP contribution >= 0.6 is 0 Å². The minimum Gasteiger partial charge on any atom is -0.485 e. The molecule has 0 amide bonds. The molecule has 3 unspecified atom stereocenters. The van der Waals surface area contributed by atoms with Crippen LogP contribution in [0.15, 0.2) is 76.6 Å². The molecule has 3 rings (SSSR count). The van der Waals surface area contributed by atoms with Crippen LogP contribution in [-0.2, 0) is 19.2 Å². The quantitative estimate of drug-likeness (QED) is 0.206. The molecule has 0 saturated carbocycles. The van der Waals surface area contributed by atoms with Gasteiger partial charge in [-0.15, -0.1) is 0 Å². The molecule has 8 heteroatoms. The molecule has 1 aromatic rings. The number of allylic oxidation sites excluding steroid dienone is 4. The van der Waals surface area contributed by atoms with E-state index in [0.29, 0.717) is 12.2 Å². The van der Waals surface area contributed by atoms with E-state index in [-0.39, 0.29) is 42.9 Å². The Morgan fingerprint density at radius 2 is 1.97 bits per heavy atom. The Hall–Kier alpha value is -3.10. The molecule has 33 heavy (non-hydrogen) atoms. The number of hydrogen-bond acceptors (Lipinski definition) is 7. The standard InChI is InChI=1S/C25H31FN2O5/c1-4-18-14-23(31-13-12-27-33-29)24(26)17(2)21(18)15-20-10-11-22(32-16-30-3)25(28-20)19-8-6-5-7-9-19/h5-12,14,17,20-21,28-29H,4,13,15-16H2,1-3H3/b27-12+. The Morgan fingerprint density at radius 1 is 1.18 bits per heavy atom. The summed E-state index contributed by atoms with van der Waals surface area (Å²) >= 11 is 0. The molecule has 2 N–H and O–H groups in total. The van der Waals surface area contributed by atoms with E-state index < -0.39 is 0 Å². The van der Waals surface area contributed by atoms with Crippen molar-refractivity contribution in [3.63, 3.8) is 0 Å². The first-order chi connectivity index (χ1) is 16.1. The lowest BCUT2D eigenvalue weighted by atomic mass is 9.76. The highest BCUT2D eigenvalue weighted by atomic mass is 19.1. The minimum absolute atomic E-state index is 0.00149. The SMILES string of the molecule is CCC1=CC(OC/C=N/OO)=C(F)C(C)C1CC1C=CC(OCOC)=C(c2ccccc2)N1. The maximum atomic E-state index is 15.1. The molecule has 0 spiro atoms. The van der Waals surface area contributed by atoms with Gasteiger partial charge in [-0.1, -0.05) is 61.0 Å². The zero-order chi connectivity index (χ0) is 23.6. The number of dihydropyridines is 1. The second kappa shape index (κ2) is 12.2. The summed E-state index contributed by atoms with van der Waals surface area (Å²) in [4.78, 5) is 3.62. The van der Waals surface area contributed by atoms with E-state index in [1.165, 1.54) is 6.21 Å². The van der Waals surface area contributed by atoms with Gasteiger partial charge in [0, 0.05) is 24.6 Å². The van der Waals surface area contributed by atoms with Crippen LogP contribution in [0.25, 0.3) is 5.70 Å². The summed E-state index contributed by atoms with van der Waals surface area (Å²) < 4.78 is 31.4. The van der Waals surface area contributed by atoms with Gasteiger partial charge in [0.15, 0.2) is 12.6 Å². The van der Waals surface area contributed by atoms with Gasteiger partial charge in [0.25, 0.3) is 0 Å². The fourth-order valence-electron chi connectivity index (χ4n) is 4.16. The molecule has 0 bridgehead atoms. The monoisotopic (exact) mass is 458 g/mol. The van der Waals surface area contributed by atoms with Crippen molar-refractivity contribution in [3.8, 4) is 0 Å². The van der Waals surface area contributed by atoms with E-state index in [1.54, 1.807) is 13.2 Å². The Balaban J connectivity index is 1.76. The van der Waals surface area contributed by atoms with E-state index >= 15 is 4.39 Å². The second-order valence-corrected chi connectivity index (χ2v) is 7.86. The first-order valence-electron chi connectivity index (χ1n) is 11.0. The fourth-order valence-corrected chi connectivity index (χ4v) is 4.16. The van der Waals surface area contributed by atoms with Crippen LogP contribution < -0.4 is 5.32 Å². The summed E-state index contributed by atoms with van der Waals surface area (Å²) in [7, 11) is 1.59. The zero-order valence-electron chi connectivity index (χ0n) is 19.2. The van der Waals surface area contributed by atoms with Gasteiger partial charge in [-0.25, -0.2) is 9.38 Å². The summed E-state index contributed by atoms with van der Waals surface area (Å²) in [6.45, 7) is 4.09. The number of ether oxygens (including phenoxy) is 3. The molecule has 1 aliphatic carbocycles. The number of rotatable bonds is 11. The highest BCUT2D eigenvalue weighted by Gasteiger charge is 2.33. The largest absolute Gasteiger partial charge is 0.485 e. The van der Waals surface area contributed by atoms with E-state index in [1.807, 2.05) is 43.3 Å².